The molecule has 0 aromatic heterocycles. The average molecular weight is 468 g/mol. The summed E-state index contributed by atoms with van der Waals surface area (Å²) in [4.78, 5) is 38.8. The summed E-state index contributed by atoms with van der Waals surface area (Å²) in [5.41, 5.74) is 9.71. The first-order chi connectivity index (χ1) is 17.0. The summed E-state index contributed by atoms with van der Waals surface area (Å²) in [6.45, 7) is 0. The van der Waals surface area contributed by atoms with Gasteiger partial charge in [-0.3, -0.25) is 14.4 Å². The Bertz CT molecular complexity index is 1260. The predicted octanol–water partition coefficient (Wildman–Crippen LogP) is 3.87. The zero-order valence-corrected chi connectivity index (χ0v) is 19.5. The molecule has 1 saturated carbocycles. The molecule has 0 aliphatic heterocycles. The maximum atomic E-state index is 13.2. The standard InChI is InChI=1S/C29H29N3O3/c30-24(17-18-7-2-1-3-8-18)29(35)32-20-15-13-19(14-16-20)31-25-12-6-11-23-26(25)28(34)22-10-5-4-9-21(22)27(23)33/h1-12,19-20,24,31H,13-17,30H2,(H,32,35)/t19?,20?,24-/m1/s1. The second-order valence-electron chi connectivity index (χ2n) is 9.43. The number of carbonyl (C=O) groups excluding carboxylic acids is 3. The Morgan fingerprint density at radius 2 is 1.37 bits per heavy atom. The van der Waals surface area contributed by atoms with Crippen LogP contribution in [0.15, 0.2) is 72.8 Å². The highest BCUT2D eigenvalue weighted by Crippen LogP contribution is 2.33. The third kappa shape index (κ3) is 4.75. The molecule has 1 fully saturated rings. The van der Waals surface area contributed by atoms with Crippen LogP contribution >= 0.6 is 0 Å². The highest BCUT2D eigenvalue weighted by atomic mass is 16.2. The Balaban J connectivity index is 1.20. The molecule has 0 saturated heterocycles. The van der Waals surface area contributed by atoms with Gasteiger partial charge in [0, 0.05) is 34.5 Å². The van der Waals surface area contributed by atoms with Crippen molar-refractivity contribution in [1.82, 2.24) is 5.32 Å². The molecule has 178 valence electrons. The van der Waals surface area contributed by atoms with Gasteiger partial charge in [0.15, 0.2) is 11.6 Å². The van der Waals surface area contributed by atoms with Crippen LogP contribution < -0.4 is 16.4 Å². The highest BCUT2D eigenvalue weighted by Gasteiger charge is 2.32. The monoisotopic (exact) mass is 467 g/mol. The topological polar surface area (TPSA) is 101 Å². The molecule has 0 heterocycles. The van der Waals surface area contributed by atoms with Crippen molar-refractivity contribution in [3.63, 3.8) is 0 Å². The smallest absolute Gasteiger partial charge is 0.237 e. The van der Waals surface area contributed by atoms with Gasteiger partial charge in [0.05, 0.1) is 11.6 Å². The lowest BCUT2D eigenvalue weighted by atomic mass is 9.83. The third-order valence-corrected chi connectivity index (χ3v) is 7.02. The second kappa shape index (κ2) is 9.84. The summed E-state index contributed by atoms with van der Waals surface area (Å²) in [7, 11) is 0. The van der Waals surface area contributed by atoms with Gasteiger partial charge in [0.2, 0.25) is 5.91 Å². The van der Waals surface area contributed by atoms with Crippen LogP contribution in [0.2, 0.25) is 0 Å². The van der Waals surface area contributed by atoms with Gasteiger partial charge in [-0.05, 0) is 43.7 Å². The van der Waals surface area contributed by atoms with E-state index in [4.69, 9.17) is 5.73 Å². The zero-order chi connectivity index (χ0) is 24.4. The summed E-state index contributed by atoms with van der Waals surface area (Å²) >= 11 is 0. The molecule has 3 aromatic rings. The minimum absolute atomic E-state index is 0.0853. The number of rotatable bonds is 6. The number of benzene rings is 3. The molecule has 0 spiro atoms. The number of carbonyl (C=O) groups is 3. The van der Waals surface area contributed by atoms with Gasteiger partial charge in [0.1, 0.15) is 0 Å². The molecular formula is C29H29N3O3. The SMILES string of the molecule is N[C@H](Cc1ccccc1)C(=O)NC1CCC(Nc2cccc3c2C(=O)c2ccccc2C3=O)CC1. The lowest BCUT2D eigenvalue weighted by molar-refractivity contribution is -0.123. The molecule has 5 rings (SSSR count). The van der Waals surface area contributed by atoms with E-state index in [1.807, 2.05) is 42.5 Å². The number of hydrogen-bond acceptors (Lipinski definition) is 5. The minimum Gasteiger partial charge on any atom is -0.382 e. The van der Waals surface area contributed by atoms with Gasteiger partial charge >= 0.3 is 0 Å². The van der Waals surface area contributed by atoms with Gasteiger partial charge in [-0.15, -0.1) is 0 Å². The van der Waals surface area contributed by atoms with Crippen molar-refractivity contribution in [1.29, 1.82) is 0 Å². The molecule has 0 radical (unpaired) electrons. The first kappa shape index (κ1) is 23.0. The van der Waals surface area contributed by atoms with Crippen molar-refractivity contribution >= 4 is 23.2 Å². The summed E-state index contributed by atoms with van der Waals surface area (Å²) < 4.78 is 0. The van der Waals surface area contributed by atoms with Gasteiger partial charge in [-0.2, -0.15) is 0 Å². The normalized spacial score (nSPS) is 19.9. The molecule has 6 heteroatoms. The van der Waals surface area contributed by atoms with Crippen LogP contribution in [0.1, 0.15) is 63.1 Å². The Labute approximate surface area is 204 Å². The van der Waals surface area contributed by atoms with Crippen LogP contribution in [-0.2, 0) is 11.2 Å². The summed E-state index contributed by atoms with van der Waals surface area (Å²) in [6.07, 6.45) is 3.86. The molecule has 2 aliphatic carbocycles. The van der Waals surface area contributed by atoms with E-state index in [1.165, 1.54) is 0 Å². The molecule has 4 N–H and O–H groups in total. The van der Waals surface area contributed by atoms with E-state index in [0.29, 0.717) is 34.4 Å². The number of amides is 1. The third-order valence-electron chi connectivity index (χ3n) is 7.02. The molecule has 0 unspecified atom stereocenters. The molecule has 1 atom stereocenters. The van der Waals surface area contributed by atoms with Gasteiger partial charge < -0.3 is 16.4 Å². The van der Waals surface area contributed by atoms with E-state index < -0.39 is 6.04 Å². The van der Waals surface area contributed by atoms with Gasteiger partial charge in [-0.25, -0.2) is 0 Å². The number of nitrogens with one attached hydrogen (secondary N) is 2. The molecule has 2 aliphatic rings. The van der Waals surface area contributed by atoms with Crippen molar-refractivity contribution in [2.45, 2.75) is 50.2 Å². The largest absolute Gasteiger partial charge is 0.382 e. The van der Waals surface area contributed by atoms with E-state index in [9.17, 15) is 14.4 Å². The maximum Gasteiger partial charge on any atom is 0.237 e. The van der Waals surface area contributed by atoms with Crippen LogP contribution in [-0.4, -0.2) is 35.6 Å². The van der Waals surface area contributed by atoms with E-state index in [2.05, 4.69) is 10.6 Å². The second-order valence-corrected chi connectivity index (χ2v) is 9.43. The van der Waals surface area contributed by atoms with Crippen LogP contribution in [0, 0.1) is 0 Å². The Kier molecular flexibility index (Phi) is 6.47. The lowest BCUT2D eigenvalue weighted by Gasteiger charge is -2.32. The van der Waals surface area contributed by atoms with Crippen LogP contribution in [0.3, 0.4) is 0 Å². The highest BCUT2D eigenvalue weighted by molar-refractivity contribution is 6.30. The first-order valence-corrected chi connectivity index (χ1v) is 12.2. The number of hydrogen-bond donors (Lipinski definition) is 3. The quantitative estimate of drug-likeness (QED) is 0.400. The fourth-order valence-electron chi connectivity index (χ4n) is 5.14. The Morgan fingerprint density at radius 1 is 0.771 bits per heavy atom. The van der Waals surface area contributed by atoms with Crippen molar-refractivity contribution in [3.8, 4) is 0 Å². The first-order valence-electron chi connectivity index (χ1n) is 12.2. The molecule has 0 bridgehead atoms. The van der Waals surface area contributed by atoms with Crippen molar-refractivity contribution in [2.24, 2.45) is 5.73 Å². The molecule has 1 amide bonds. The van der Waals surface area contributed by atoms with Crippen LogP contribution in [0.4, 0.5) is 5.69 Å². The summed E-state index contributed by atoms with van der Waals surface area (Å²) in [6, 6.07) is 21.9. The number of ketones is 2. The summed E-state index contributed by atoms with van der Waals surface area (Å²) in [5, 5.41) is 6.62. The van der Waals surface area contributed by atoms with E-state index >= 15 is 0 Å². The Morgan fingerprint density at radius 3 is 2.09 bits per heavy atom. The zero-order valence-electron chi connectivity index (χ0n) is 19.5. The van der Waals surface area contributed by atoms with Gasteiger partial charge in [-0.1, -0.05) is 66.7 Å². The molecule has 6 nitrogen and oxygen atoms in total. The van der Waals surface area contributed by atoms with Crippen molar-refractivity contribution in [2.75, 3.05) is 5.32 Å². The minimum atomic E-state index is -0.574. The number of nitrogens with two attached hydrogens (primary N) is 1. The molecular weight excluding hydrogens is 438 g/mol. The lowest BCUT2D eigenvalue weighted by Crippen LogP contribution is -2.48. The number of fused-ring (bicyclic) bond motifs is 2. The number of anilines is 1. The molecule has 35 heavy (non-hydrogen) atoms. The van der Waals surface area contributed by atoms with Crippen molar-refractivity contribution < 1.29 is 14.4 Å². The maximum absolute atomic E-state index is 13.2. The summed E-state index contributed by atoms with van der Waals surface area (Å²) in [5.74, 6) is -0.353. The van der Waals surface area contributed by atoms with E-state index in [-0.39, 0.29) is 29.6 Å². The van der Waals surface area contributed by atoms with Crippen molar-refractivity contribution in [3.05, 3.63) is 101 Å². The van der Waals surface area contributed by atoms with E-state index in [0.717, 1.165) is 31.2 Å². The van der Waals surface area contributed by atoms with Gasteiger partial charge in [0.25, 0.3) is 0 Å². The van der Waals surface area contributed by atoms with Crippen LogP contribution in [0.25, 0.3) is 0 Å². The fourth-order valence-corrected chi connectivity index (χ4v) is 5.14. The van der Waals surface area contributed by atoms with Crippen LogP contribution in [0.5, 0.6) is 0 Å². The molecule has 3 aromatic carbocycles. The Hall–Kier alpha value is -3.77. The average Bonchev–Trinajstić information content (AvgIpc) is 2.89. The predicted molar refractivity (Wildman–Crippen MR) is 136 cm³/mol. The fraction of sp³-hybridized carbons (Fsp3) is 0.276. The van der Waals surface area contributed by atoms with E-state index in [1.54, 1.807) is 30.3 Å².